The van der Waals surface area contributed by atoms with Crippen molar-refractivity contribution < 1.29 is 28.7 Å². The lowest BCUT2D eigenvalue weighted by atomic mass is 9.80. The fourth-order valence-corrected chi connectivity index (χ4v) is 2.88. The SMILES string of the molecule is COc1cc(B(O)O)cc(OC)c1OCCO[Si](C)(C)C(C)(C)C. The molecule has 1 aromatic carbocycles. The van der Waals surface area contributed by atoms with E-state index in [0.29, 0.717) is 30.5 Å². The van der Waals surface area contributed by atoms with Gasteiger partial charge in [0, 0.05) is 0 Å². The normalized spacial score (nSPS) is 12.0. The maximum absolute atomic E-state index is 9.32. The summed E-state index contributed by atoms with van der Waals surface area (Å²) >= 11 is 0. The van der Waals surface area contributed by atoms with E-state index >= 15 is 0 Å². The van der Waals surface area contributed by atoms with E-state index in [1.807, 2.05) is 0 Å². The predicted octanol–water partition coefficient (Wildman–Crippen LogP) is 1.78. The molecule has 0 unspecified atom stereocenters. The summed E-state index contributed by atoms with van der Waals surface area (Å²) in [6.07, 6.45) is 0. The fraction of sp³-hybridized carbons (Fsp3) is 0.625. The number of hydrogen-bond donors (Lipinski definition) is 2. The van der Waals surface area contributed by atoms with E-state index in [4.69, 9.17) is 18.6 Å². The topological polar surface area (TPSA) is 77.4 Å². The summed E-state index contributed by atoms with van der Waals surface area (Å²) in [6, 6.07) is 3.02. The van der Waals surface area contributed by atoms with Crippen molar-refractivity contribution in [2.45, 2.75) is 38.9 Å². The predicted molar refractivity (Wildman–Crippen MR) is 98.0 cm³/mol. The highest BCUT2D eigenvalue weighted by Crippen LogP contribution is 2.37. The molecule has 136 valence electrons. The molecule has 24 heavy (non-hydrogen) atoms. The van der Waals surface area contributed by atoms with Gasteiger partial charge >= 0.3 is 7.12 Å². The lowest BCUT2D eigenvalue weighted by Crippen LogP contribution is -2.41. The zero-order valence-corrected chi connectivity index (χ0v) is 16.7. The highest BCUT2D eigenvalue weighted by Gasteiger charge is 2.37. The monoisotopic (exact) mass is 356 g/mol. The van der Waals surface area contributed by atoms with Crippen LogP contribution in [-0.4, -0.2) is 52.9 Å². The van der Waals surface area contributed by atoms with E-state index in [1.54, 1.807) is 0 Å². The van der Waals surface area contributed by atoms with E-state index in [-0.39, 0.29) is 10.5 Å². The minimum absolute atomic E-state index is 0.140. The van der Waals surface area contributed by atoms with Crippen LogP contribution in [0.25, 0.3) is 0 Å². The summed E-state index contributed by atoms with van der Waals surface area (Å²) in [7, 11) is -0.452. The molecule has 8 heteroatoms. The van der Waals surface area contributed by atoms with Crippen molar-refractivity contribution in [3.8, 4) is 17.2 Å². The molecule has 0 heterocycles. The van der Waals surface area contributed by atoms with Crippen LogP contribution in [-0.2, 0) is 4.43 Å². The Labute approximate surface area is 146 Å². The standard InChI is InChI=1S/C16H29BO6Si/c1-16(2,3)24(6,7)23-9-8-22-15-13(20-4)10-12(17(18)19)11-14(15)21-5/h10-11,18-19H,8-9H2,1-7H3. The third-order valence-electron chi connectivity index (χ3n) is 4.38. The Hall–Kier alpha value is -1.22. The Bertz CT molecular complexity index is 517. The zero-order valence-electron chi connectivity index (χ0n) is 15.7. The van der Waals surface area contributed by atoms with E-state index in [0.717, 1.165) is 0 Å². The molecule has 0 fully saturated rings. The van der Waals surface area contributed by atoms with Crippen molar-refractivity contribution >= 4 is 20.9 Å². The molecule has 6 nitrogen and oxygen atoms in total. The number of rotatable bonds is 8. The Morgan fingerprint density at radius 2 is 1.50 bits per heavy atom. The highest BCUT2D eigenvalue weighted by atomic mass is 28.4. The molecule has 0 spiro atoms. The van der Waals surface area contributed by atoms with Crippen molar-refractivity contribution in [3.05, 3.63) is 12.1 Å². The number of benzene rings is 1. The van der Waals surface area contributed by atoms with Crippen LogP contribution in [0.5, 0.6) is 17.2 Å². The molecule has 0 amide bonds. The summed E-state index contributed by atoms with van der Waals surface area (Å²) in [6.45, 7) is 11.7. The molecule has 2 N–H and O–H groups in total. The van der Waals surface area contributed by atoms with Crippen LogP contribution in [0.1, 0.15) is 20.8 Å². The number of methoxy groups -OCH3 is 2. The van der Waals surface area contributed by atoms with Gasteiger partial charge in [-0.3, -0.25) is 0 Å². The van der Waals surface area contributed by atoms with E-state index < -0.39 is 15.4 Å². The van der Waals surface area contributed by atoms with Crippen LogP contribution >= 0.6 is 0 Å². The van der Waals surface area contributed by atoms with Gasteiger partial charge in [0.2, 0.25) is 5.75 Å². The van der Waals surface area contributed by atoms with Gasteiger partial charge in [-0.25, -0.2) is 0 Å². The Morgan fingerprint density at radius 3 is 1.88 bits per heavy atom. The first-order chi connectivity index (χ1) is 11.0. The van der Waals surface area contributed by atoms with Crippen LogP contribution < -0.4 is 19.7 Å². The zero-order chi connectivity index (χ0) is 18.5. The molecule has 0 saturated carbocycles. The quantitative estimate of drug-likeness (QED) is 0.546. The second-order valence-corrected chi connectivity index (χ2v) is 11.9. The molecule has 0 aromatic heterocycles. The molecule has 0 atom stereocenters. The molecular formula is C16H29BO6Si. The van der Waals surface area contributed by atoms with Crippen molar-refractivity contribution in [2.24, 2.45) is 0 Å². The van der Waals surface area contributed by atoms with E-state index in [9.17, 15) is 10.0 Å². The first-order valence-corrected chi connectivity index (χ1v) is 10.8. The molecule has 0 bridgehead atoms. The molecular weight excluding hydrogens is 327 g/mol. The van der Waals surface area contributed by atoms with Gasteiger partial charge in [-0.05, 0) is 35.7 Å². The van der Waals surface area contributed by atoms with Gasteiger partial charge in [0.1, 0.15) is 6.61 Å². The van der Waals surface area contributed by atoms with Crippen LogP contribution in [0, 0.1) is 0 Å². The number of ether oxygens (including phenoxy) is 3. The fourth-order valence-electron chi connectivity index (χ4n) is 1.85. The second kappa shape index (κ2) is 8.24. The van der Waals surface area contributed by atoms with Gasteiger partial charge in [-0.15, -0.1) is 0 Å². The molecule has 0 aliphatic rings. The largest absolute Gasteiger partial charge is 0.493 e. The van der Waals surface area contributed by atoms with Gasteiger partial charge < -0.3 is 28.7 Å². The summed E-state index contributed by atoms with van der Waals surface area (Å²) in [5.41, 5.74) is 0.272. The van der Waals surface area contributed by atoms with Crippen molar-refractivity contribution in [1.29, 1.82) is 0 Å². The van der Waals surface area contributed by atoms with Gasteiger partial charge in [0.15, 0.2) is 19.8 Å². The summed E-state index contributed by atoms with van der Waals surface area (Å²) in [5, 5.41) is 18.8. The van der Waals surface area contributed by atoms with Crippen LogP contribution in [0.15, 0.2) is 12.1 Å². The van der Waals surface area contributed by atoms with E-state index in [2.05, 4.69) is 33.9 Å². The first kappa shape index (κ1) is 20.8. The van der Waals surface area contributed by atoms with Crippen LogP contribution in [0.4, 0.5) is 0 Å². The van der Waals surface area contributed by atoms with Gasteiger partial charge in [0.25, 0.3) is 0 Å². The molecule has 0 radical (unpaired) electrons. The minimum Gasteiger partial charge on any atom is -0.493 e. The first-order valence-electron chi connectivity index (χ1n) is 7.92. The average molecular weight is 356 g/mol. The summed E-state index contributed by atoms with van der Waals surface area (Å²) < 4.78 is 22.4. The van der Waals surface area contributed by atoms with Crippen LogP contribution in [0.3, 0.4) is 0 Å². The third kappa shape index (κ3) is 5.14. The third-order valence-corrected chi connectivity index (χ3v) is 8.92. The van der Waals surface area contributed by atoms with Crippen molar-refractivity contribution in [3.63, 3.8) is 0 Å². The Balaban J connectivity index is 2.81. The maximum Gasteiger partial charge on any atom is 0.488 e. The Kier molecular flexibility index (Phi) is 7.15. The maximum atomic E-state index is 9.32. The average Bonchev–Trinajstić information content (AvgIpc) is 2.49. The lowest BCUT2D eigenvalue weighted by Gasteiger charge is -2.36. The smallest absolute Gasteiger partial charge is 0.488 e. The van der Waals surface area contributed by atoms with E-state index in [1.165, 1.54) is 26.4 Å². The number of hydrogen-bond acceptors (Lipinski definition) is 6. The molecule has 1 rings (SSSR count). The van der Waals surface area contributed by atoms with Crippen molar-refractivity contribution in [2.75, 3.05) is 27.4 Å². The highest BCUT2D eigenvalue weighted by molar-refractivity contribution is 6.74. The molecule has 0 aliphatic carbocycles. The molecule has 0 aliphatic heterocycles. The Morgan fingerprint density at radius 1 is 1.00 bits per heavy atom. The second-order valence-electron chi connectivity index (χ2n) is 7.09. The summed E-state index contributed by atoms with van der Waals surface area (Å²) in [4.78, 5) is 0. The molecule has 0 saturated heterocycles. The van der Waals surface area contributed by atoms with Gasteiger partial charge in [0.05, 0.1) is 20.8 Å². The lowest BCUT2D eigenvalue weighted by molar-refractivity contribution is 0.193. The molecule has 1 aromatic rings. The van der Waals surface area contributed by atoms with Crippen molar-refractivity contribution in [1.82, 2.24) is 0 Å². The van der Waals surface area contributed by atoms with Gasteiger partial charge in [-0.1, -0.05) is 20.8 Å². The van der Waals surface area contributed by atoms with Gasteiger partial charge in [-0.2, -0.15) is 0 Å². The minimum atomic E-state index is -1.82. The van der Waals surface area contributed by atoms with Crippen LogP contribution in [0.2, 0.25) is 18.1 Å². The summed E-state index contributed by atoms with van der Waals surface area (Å²) in [5.74, 6) is 1.18.